The number of methoxy groups -OCH3 is 1. The van der Waals surface area contributed by atoms with Gasteiger partial charge in [0.2, 0.25) is 0 Å². The zero-order valence-electron chi connectivity index (χ0n) is 24.9. The molecule has 2 atom stereocenters. The van der Waals surface area contributed by atoms with E-state index in [1.165, 1.54) is 24.4 Å². The molecule has 3 heterocycles. The maximum absolute atomic E-state index is 15.1. The van der Waals surface area contributed by atoms with Crippen molar-refractivity contribution < 1.29 is 36.7 Å². The average Bonchev–Trinajstić information content (AvgIpc) is 3.05. The minimum absolute atomic E-state index is 0.0245. The van der Waals surface area contributed by atoms with Crippen LogP contribution in [0.2, 0.25) is 0 Å². The molecule has 3 aromatic rings. The number of likely N-dealkylation sites (tertiary alicyclic amines) is 2. The van der Waals surface area contributed by atoms with Crippen LogP contribution in [0.5, 0.6) is 5.75 Å². The van der Waals surface area contributed by atoms with E-state index in [9.17, 15) is 27.6 Å². The van der Waals surface area contributed by atoms with Gasteiger partial charge in [0.25, 0.3) is 5.91 Å². The third kappa shape index (κ3) is 7.94. The molecule has 1 amide bonds. The zero-order chi connectivity index (χ0) is 32.1. The number of aromatic nitrogens is 1. The standard InChI is InChI=1S/C34H35F4N3O4/c1-45-28-8-5-23(6-9-28)32(43)24-12-15-41(16-13-24)33(44)30-10-7-26(19-39-30)31(42)18-25-11-14-40(21-29(25)35)20-22-3-2-4-27(17-22)34(36,37)38/h2-10,17,19,24-25,29H,11-16,18,20-21H2,1H3/t25?,29-/m1/s1. The van der Waals surface area contributed by atoms with Gasteiger partial charge in [-0.25, -0.2) is 4.39 Å². The highest BCUT2D eigenvalue weighted by Crippen LogP contribution is 2.31. The van der Waals surface area contributed by atoms with Crippen molar-refractivity contribution in [1.29, 1.82) is 0 Å². The first-order chi connectivity index (χ1) is 21.5. The Bertz CT molecular complexity index is 1500. The number of amides is 1. The molecule has 0 aliphatic carbocycles. The second kappa shape index (κ2) is 13.9. The summed E-state index contributed by atoms with van der Waals surface area (Å²) in [5, 5.41) is 0. The Labute approximate surface area is 259 Å². The van der Waals surface area contributed by atoms with Crippen molar-refractivity contribution in [2.45, 2.75) is 44.6 Å². The molecule has 0 saturated carbocycles. The fraction of sp³-hybridized carbons (Fsp3) is 0.412. The summed E-state index contributed by atoms with van der Waals surface area (Å²) in [4.78, 5) is 46.5. The third-order valence-electron chi connectivity index (χ3n) is 8.70. The van der Waals surface area contributed by atoms with E-state index in [1.807, 2.05) is 0 Å². The molecule has 2 aliphatic heterocycles. The molecule has 1 aromatic heterocycles. The van der Waals surface area contributed by atoms with Crippen molar-refractivity contribution >= 4 is 17.5 Å². The first-order valence-electron chi connectivity index (χ1n) is 15.0. The summed E-state index contributed by atoms with van der Waals surface area (Å²) < 4.78 is 59.3. The fourth-order valence-electron chi connectivity index (χ4n) is 6.03. The molecule has 0 bridgehead atoms. The van der Waals surface area contributed by atoms with Crippen molar-refractivity contribution in [1.82, 2.24) is 14.8 Å². The SMILES string of the molecule is COc1ccc(C(=O)C2CCN(C(=O)c3ccc(C(=O)CC4CCN(Cc5cccc(C(F)(F)F)c5)C[C@H]4F)cn3)CC2)cc1. The number of hydrogen-bond donors (Lipinski definition) is 0. The van der Waals surface area contributed by atoms with Crippen LogP contribution in [-0.4, -0.2) is 71.7 Å². The number of piperidine rings is 2. The number of carbonyl (C=O) groups excluding carboxylic acids is 3. The number of pyridine rings is 1. The van der Waals surface area contributed by atoms with E-state index in [2.05, 4.69) is 4.98 Å². The van der Waals surface area contributed by atoms with E-state index in [-0.39, 0.29) is 54.2 Å². The largest absolute Gasteiger partial charge is 0.497 e. The first kappa shape index (κ1) is 32.3. The molecule has 2 aromatic carbocycles. The number of nitrogens with zero attached hydrogens (tertiary/aromatic N) is 3. The maximum atomic E-state index is 15.1. The molecule has 5 rings (SSSR count). The minimum Gasteiger partial charge on any atom is -0.497 e. The second-order valence-electron chi connectivity index (χ2n) is 11.7. The van der Waals surface area contributed by atoms with Crippen molar-refractivity contribution in [2.75, 3.05) is 33.3 Å². The first-order valence-corrected chi connectivity index (χ1v) is 15.0. The third-order valence-corrected chi connectivity index (χ3v) is 8.70. The number of carbonyl (C=O) groups is 3. The van der Waals surface area contributed by atoms with Gasteiger partial charge in [0.05, 0.1) is 12.7 Å². The highest BCUT2D eigenvalue weighted by Gasteiger charge is 2.33. The molecule has 2 fully saturated rings. The lowest BCUT2D eigenvalue weighted by atomic mass is 9.88. The number of ether oxygens (including phenoxy) is 1. The zero-order valence-corrected chi connectivity index (χ0v) is 24.9. The van der Waals surface area contributed by atoms with Crippen molar-refractivity contribution in [3.63, 3.8) is 0 Å². The predicted octanol–water partition coefficient (Wildman–Crippen LogP) is 6.28. The number of ketones is 2. The van der Waals surface area contributed by atoms with E-state index >= 15 is 4.39 Å². The Balaban J connectivity index is 1.09. The molecule has 238 valence electrons. The smallest absolute Gasteiger partial charge is 0.416 e. The molecular weight excluding hydrogens is 590 g/mol. The summed E-state index contributed by atoms with van der Waals surface area (Å²) in [6.45, 7) is 1.52. The van der Waals surface area contributed by atoms with E-state index in [0.717, 1.165) is 12.1 Å². The van der Waals surface area contributed by atoms with Crippen molar-refractivity contribution in [3.05, 3.63) is 94.8 Å². The topological polar surface area (TPSA) is 79.8 Å². The summed E-state index contributed by atoms with van der Waals surface area (Å²) in [7, 11) is 1.56. The van der Waals surface area contributed by atoms with Gasteiger partial charge in [-0.3, -0.25) is 24.3 Å². The lowest BCUT2D eigenvalue weighted by Gasteiger charge is -2.34. The lowest BCUT2D eigenvalue weighted by molar-refractivity contribution is -0.137. The summed E-state index contributed by atoms with van der Waals surface area (Å²) in [6, 6.07) is 15.0. The molecule has 11 heteroatoms. The van der Waals surface area contributed by atoms with E-state index < -0.39 is 23.8 Å². The monoisotopic (exact) mass is 625 g/mol. The Kier molecular flexibility index (Phi) is 9.96. The lowest BCUT2D eigenvalue weighted by Crippen LogP contribution is -2.42. The quantitative estimate of drug-likeness (QED) is 0.206. The Hall–Kier alpha value is -4.12. The number of rotatable bonds is 9. The number of alkyl halides is 4. The average molecular weight is 626 g/mol. The van der Waals surface area contributed by atoms with Crippen LogP contribution >= 0.6 is 0 Å². The number of benzene rings is 2. The van der Waals surface area contributed by atoms with Gasteiger partial charge in [0.1, 0.15) is 17.6 Å². The highest BCUT2D eigenvalue weighted by molar-refractivity contribution is 5.99. The van der Waals surface area contributed by atoms with Crippen LogP contribution in [0.3, 0.4) is 0 Å². The summed E-state index contributed by atoms with van der Waals surface area (Å²) in [6.07, 6.45) is -2.96. The highest BCUT2D eigenvalue weighted by atomic mass is 19.4. The molecule has 2 saturated heterocycles. The van der Waals surface area contributed by atoms with Gasteiger partial charge in [-0.1, -0.05) is 18.2 Å². The molecule has 1 unspecified atom stereocenters. The normalized spacial score (nSPS) is 19.7. The van der Waals surface area contributed by atoms with Gasteiger partial charge >= 0.3 is 6.18 Å². The Morgan fingerprint density at radius 1 is 0.933 bits per heavy atom. The molecule has 45 heavy (non-hydrogen) atoms. The van der Waals surface area contributed by atoms with E-state index in [4.69, 9.17) is 4.74 Å². The molecule has 0 spiro atoms. The van der Waals surface area contributed by atoms with Crippen LogP contribution in [0, 0.1) is 11.8 Å². The molecule has 0 radical (unpaired) electrons. The predicted molar refractivity (Wildman–Crippen MR) is 159 cm³/mol. The molecule has 0 N–H and O–H groups in total. The molecule has 2 aliphatic rings. The van der Waals surface area contributed by atoms with Crippen LogP contribution in [0.15, 0.2) is 66.9 Å². The second-order valence-corrected chi connectivity index (χ2v) is 11.7. The fourth-order valence-corrected chi connectivity index (χ4v) is 6.03. The van der Waals surface area contributed by atoms with Crippen LogP contribution in [0.25, 0.3) is 0 Å². The molecular formula is C34H35F4N3O4. The van der Waals surface area contributed by atoms with E-state index in [0.29, 0.717) is 55.8 Å². The van der Waals surface area contributed by atoms with Gasteiger partial charge in [0.15, 0.2) is 11.6 Å². The summed E-state index contributed by atoms with van der Waals surface area (Å²) in [5.41, 5.74) is 0.813. The summed E-state index contributed by atoms with van der Waals surface area (Å²) >= 11 is 0. The number of Topliss-reactive ketones (excluding diaryl/α,β-unsaturated/α-hetero) is 2. The minimum atomic E-state index is -4.44. The van der Waals surface area contributed by atoms with E-state index in [1.54, 1.807) is 47.2 Å². The Morgan fingerprint density at radius 3 is 2.27 bits per heavy atom. The maximum Gasteiger partial charge on any atom is 0.416 e. The van der Waals surface area contributed by atoms with Crippen molar-refractivity contribution in [2.24, 2.45) is 11.8 Å². The van der Waals surface area contributed by atoms with Crippen molar-refractivity contribution in [3.8, 4) is 5.75 Å². The van der Waals surface area contributed by atoms with Gasteiger partial charge in [-0.2, -0.15) is 13.2 Å². The van der Waals surface area contributed by atoms with Gasteiger partial charge in [-0.15, -0.1) is 0 Å². The van der Waals surface area contributed by atoms with Crippen LogP contribution in [0.4, 0.5) is 17.6 Å². The van der Waals surface area contributed by atoms with Crippen LogP contribution in [0.1, 0.15) is 68.0 Å². The number of hydrogen-bond acceptors (Lipinski definition) is 6. The van der Waals surface area contributed by atoms with Gasteiger partial charge < -0.3 is 9.64 Å². The van der Waals surface area contributed by atoms with Gasteiger partial charge in [-0.05, 0) is 79.8 Å². The van der Waals surface area contributed by atoms with Crippen LogP contribution in [-0.2, 0) is 12.7 Å². The Morgan fingerprint density at radius 2 is 1.64 bits per heavy atom. The van der Waals surface area contributed by atoms with Crippen LogP contribution < -0.4 is 4.74 Å². The number of halogens is 4. The summed E-state index contributed by atoms with van der Waals surface area (Å²) in [5.74, 6) is -0.530. The molecule has 7 nitrogen and oxygen atoms in total. The van der Waals surface area contributed by atoms with Gasteiger partial charge in [0, 0.05) is 55.8 Å².